The molecular formula is C21H37N3O2. The number of likely N-dealkylation sites (tertiary alicyclic amines) is 1. The third kappa shape index (κ3) is 4.79. The van der Waals surface area contributed by atoms with Gasteiger partial charge in [-0.2, -0.15) is 0 Å². The van der Waals surface area contributed by atoms with E-state index in [1.54, 1.807) is 0 Å². The van der Waals surface area contributed by atoms with E-state index in [2.05, 4.69) is 4.90 Å². The van der Waals surface area contributed by atoms with E-state index in [1.807, 2.05) is 23.6 Å². The van der Waals surface area contributed by atoms with Crippen LogP contribution in [0.25, 0.3) is 0 Å². The molecule has 3 aliphatic rings. The standard InChI is InChI=1S/C21H37N3O2/c1-17(2)20(25)24-13-6-10-19(24)21(26)23-12-7-11-22(14-15-23)16-18-8-4-3-5-9-18/h17-19H,3-16H2,1-2H3. The van der Waals surface area contributed by atoms with E-state index in [-0.39, 0.29) is 23.8 Å². The predicted octanol–water partition coefficient (Wildman–Crippen LogP) is 2.75. The molecule has 2 amide bonds. The molecule has 5 nitrogen and oxygen atoms in total. The molecule has 0 radical (unpaired) electrons. The van der Waals surface area contributed by atoms with Crippen LogP contribution < -0.4 is 0 Å². The molecule has 2 heterocycles. The molecule has 0 aromatic heterocycles. The van der Waals surface area contributed by atoms with Gasteiger partial charge < -0.3 is 14.7 Å². The quantitative estimate of drug-likeness (QED) is 0.771. The second kappa shape index (κ2) is 9.20. The molecule has 0 N–H and O–H groups in total. The van der Waals surface area contributed by atoms with Crippen LogP contribution in [0.4, 0.5) is 0 Å². The zero-order valence-electron chi connectivity index (χ0n) is 16.8. The second-order valence-electron chi connectivity index (χ2n) is 8.83. The third-order valence-corrected chi connectivity index (χ3v) is 6.46. The van der Waals surface area contributed by atoms with Gasteiger partial charge in [-0.1, -0.05) is 33.1 Å². The zero-order valence-corrected chi connectivity index (χ0v) is 16.8. The highest BCUT2D eigenvalue weighted by Gasteiger charge is 2.37. The van der Waals surface area contributed by atoms with E-state index in [1.165, 1.54) is 38.6 Å². The third-order valence-electron chi connectivity index (χ3n) is 6.46. The predicted molar refractivity (Wildman–Crippen MR) is 104 cm³/mol. The summed E-state index contributed by atoms with van der Waals surface area (Å²) in [5, 5.41) is 0. The monoisotopic (exact) mass is 363 g/mol. The van der Waals surface area contributed by atoms with Crippen molar-refractivity contribution in [3.8, 4) is 0 Å². The van der Waals surface area contributed by atoms with E-state index >= 15 is 0 Å². The lowest BCUT2D eigenvalue weighted by Gasteiger charge is -2.31. The molecule has 0 aromatic rings. The van der Waals surface area contributed by atoms with Crippen LogP contribution in [0.1, 0.15) is 65.2 Å². The summed E-state index contributed by atoms with van der Waals surface area (Å²) in [4.78, 5) is 32.0. The van der Waals surface area contributed by atoms with Gasteiger partial charge in [0.25, 0.3) is 0 Å². The maximum Gasteiger partial charge on any atom is 0.245 e. The maximum absolute atomic E-state index is 13.1. The molecule has 1 unspecified atom stereocenters. The molecule has 3 rings (SSSR count). The Morgan fingerprint density at radius 2 is 1.62 bits per heavy atom. The molecule has 148 valence electrons. The van der Waals surface area contributed by atoms with Crippen molar-refractivity contribution in [1.29, 1.82) is 0 Å². The summed E-state index contributed by atoms with van der Waals surface area (Å²) in [6.07, 6.45) is 9.81. The largest absolute Gasteiger partial charge is 0.340 e. The van der Waals surface area contributed by atoms with Crippen LogP contribution in [0.15, 0.2) is 0 Å². The van der Waals surface area contributed by atoms with Crippen molar-refractivity contribution in [3.05, 3.63) is 0 Å². The highest BCUT2D eigenvalue weighted by molar-refractivity contribution is 5.89. The van der Waals surface area contributed by atoms with Gasteiger partial charge in [0.05, 0.1) is 0 Å². The lowest BCUT2D eigenvalue weighted by molar-refractivity contribution is -0.145. The average molecular weight is 364 g/mol. The van der Waals surface area contributed by atoms with Crippen molar-refractivity contribution >= 4 is 11.8 Å². The Morgan fingerprint density at radius 1 is 0.846 bits per heavy atom. The maximum atomic E-state index is 13.1. The Hall–Kier alpha value is -1.10. The first-order chi connectivity index (χ1) is 12.6. The van der Waals surface area contributed by atoms with E-state index in [4.69, 9.17) is 0 Å². The summed E-state index contributed by atoms with van der Waals surface area (Å²) in [7, 11) is 0. The van der Waals surface area contributed by atoms with Gasteiger partial charge in [-0.3, -0.25) is 9.59 Å². The fourth-order valence-electron chi connectivity index (χ4n) is 4.94. The molecule has 0 aromatic carbocycles. The first kappa shape index (κ1) is 19.7. The first-order valence-corrected chi connectivity index (χ1v) is 10.9. The summed E-state index contributed by atoms with van der Waals surface area (Å²) in [5.41, 5.74) is 0. The number of carbonyl (C=O) groups is 2. The Labute approximate surface area is 159 Å². The van der Waals surface area contributed by atoms with Crippen molar-refractivity contribution in [1.82, 2.24) is 14.7 Å². The van der Waals surface area contributed by atoms with Crippen LogP contribution in [0.2, 0.25) is 0 Å². The smallest absolute Gasteiger partial charge is 0.245 e. The van der Waals surface area contributed by atoms with E-state index < -0.39 is 0 Å². The zero-order chi connectivity index (χ0) is 18.5. The lowest BCUT2D eigenvalue weighted by atomic mass is 9.89. The van der Waals surface area contributed by atoms with Crippen molar-refractivity contribution in [3.63, 3.8) is 0 Å². The van der Waals surface area contributed by atoms with Gasteiger partial charge in [-0.15, -0.1) is 0 Å². The van der Waals surface area contributed by atoms with E-state index in [0.717, 1.165) is 57.9 Å². The fourth-order valence-corrected chi connectivity index (χ4v) is 4.94. The minimum Gasteiger partial charge on any atom is -0.340 e. The minimum absolute atomic E-state index is 0.0291. The van der Waals surface area contributed by atoms with Crippen molar-refractivity contribution in [2.45, 2.75) is 71.3 Å². The molecule has 3 fully saturated rings. The Balaban J connectivity index is 1.53. The Kier molecular flexibility index (Phi) is 6.96. The summed E-state index contributed by atoms with van der Waals surface area (Å²) in [5.74, 6) is 1.16. The second-order valence-corrected chi connectivity index (χ2v) is 8.83. The number of carbonyl (C=O) groups excluding carboxylic acids is 2. The Bertz CT molecular complexity index is 488. The van der Waals surface area contributed by atoms with Crippen LogP contribution >= 0.6 is 0 Å². The molecule has 1 atom stereocenters. The van der Waals surface area contributed by atoms with Crippen LogP contribution in [0.5, 0.6) is 0 Å². The van der Waals surface area contributed by atoms with E-state index in [0.29, 0.717) is 0 Å². The molecule has 1 aliphatic carbocycles. The molecule has 0 bridgehead atoms. The lowest BCUT2D eigenvalue weighted by Crippen LogP contribution is -2.49. The molecule has 26 heavy (non-hydrogen) atoms. The molecule has 0 spiro atoms. The van der Waals surface area contributed by atoms with Crippen molar-refractivity contribution in [2.24, 2.45) is 11.8 Å². The van der Waals surface area contributed by atoms with Crippen LogP contribution in [-0.4, -0.2) is 71.8 Å². The van der Waals surface area contributed by atoms with Gasteiger partial charge in [0.15, 0.2) is 0 Å². The summed E-state index contributed by atoms with van der Waals surface area (Å²) in [6, 6.07) is -0.213. The number of nitrogens with zero attached hydrogens (tertiary/aromatic N) is 3. The molecule has 2 saturated heterocycles. The summed E-state index contributed by atoms with van der Waals surface area (Å²) in [6.45, 7) is 9.59. The topological polar surface area (TPSA) is 43.9 Å². The van der Waals surface area contributed by atoms with Crippen molar-refractivity contribution in [2.75, 3.05) is 39.3 Å². The van der Waals surface area contributed by atoms with Gasteiger partial charge >= 0.3 is 0 Å². The summed E-state index contributed by atoms with van der Waals surface area (Å²) < 4.78 is 0. The van der Waals surface area contributed by atoms with Crippen LogP contribution in [-0.2, 0) is 9.59 Å². The molecule has 5 heteroatoms. The number of rotatable bonds is 4. The van der Waals surface area contributed by atoms with Crippen LogP contribution in [0, 0.1) is 11.8 Å². The molecular weight excluding hydrogens is 326 g/mol. The van der Waals surface area contributed by atoms with Gasteiger partial charge in [0, 0.05) is 38.6 Å². The molecule has 2 aliphatic heterocycles. The van der Waals surface area contributed by atoms with Gasteiger partial charge in [0.1, 0.15) is 6.04 Å². The SMILES string of the molecule is CC(C)C(=O)N1CCCC1C(=O)N1CCCN(CC2CCCCC2)CC1. The van der Waals surface area contributed by atoms with Gasteiger partial charge in [-0.05, 0) is 44.6 Å². The summed E-state index contributed by atoms with van der Waals surface area (Å²) >= 11 is 0. The minimum atomic E-state index is -0.213. The van der Waals surface area contributed by atoms with Crippen molar-refractivity contribution < 1.29 is 9.59 Å². The number of hydrogen-bond donors (Lipinski definition) is 0. The fraction of sp³-hybridized carbons (Fsp3) is 0.905. The number of amides is 2. The van der Waals surface area contributed by atoms with Crippen LogP contribution in [0.3, 0.4) is 0 Å². The normalized spacial score (nSPS) is 26.3. The highest BCUT2D eigenvalue weighted by Crippen LogP contribution is 2.25. The molecule has 1 saturated carbocycles. The Morgan fingerprint density at radius 3 is 2.35 bits per heavy atom. The van der Waals surface area contributed by atoms with E-state index in [9.17, 15) is 9.59 Å². The first-order valence-electron chi connectivity index (χ1n) is 10.9. The number of hydrogen-bond acceptors (Lipinski definition) is 3. The van der Waals surface area contributed by atoms with Gasteiger partial charge in [0.2, 0.25) is 11.8 Å². The average Bonchev–Trinajstić information content (AvgIpc) is 3.02. The highest BCUT2D eigenvalue weighted by atomic mass is 16.2. The van der Waals surface area contributed by atoms with Gasteiger partial charge in [-0.25, -0.2) is 0 Å².